The number of rotatable bonds is 6. The van der Waals surface area contributed by atoms with E-state index in [-0.39, 0.29) is 12.2 Å². The van der Waals surface area contributed by atoms with Crippen molar-refractivity contribution in [1.82, 2.24) is 4.57 Å². The highest BCUT2D eigenvalue weighted by Crippen LogP contribution is 2.34. The highest BCUT2D eigenvalue weighted by atomic mass is 19.4. The fourth-order valence-corrected chi connectivity index (χ4v) is 4.39. The predicted molar refractivity (Wildman–Crippen MR) is 143 cm³/mol. The van der Waals surface area contributed by atoms with E-state index < -0.39 is 28.8 Å². The highest BCUT2D eigenvalue weighted by Gasteiger charge is 2.36. The second kappa shape index (κ2) is 10.8. The molecule has 1 heterocycles. The van der Waals surface area contributed by atoms with Crippen molar-refractivity contribution in [3.05, 3.63) is 123 Å². The van der Waals surface area contributed by atoms with Crippen LogP contribution in [0.2, 0.25) is 0 Å². The SMILES string of the molecule is Cc1ccc(Cn2c(-c3ccc(-c4cccc(/C=C/C(=O)O)c4)cc3)cc(C(F)(F)F)c(C#N)c2=O)c(C)c1. The summed E-state index contributed by atoms with van der Waals surface area (Å²) in [6.07, 6.45) is -2.40. The summed E-state index contributed by atoms with van der Waals surface area (Å²) >= 11 is 0. The molecular weight excluding hydrogens is 505 g/mol. The third-order valence-electron chi connectivity index (χ3n) is 6.36. The molecule has 1 N–H and O–H groups in total. The molecule has 0 saturated heterocycles. The number of nitriles is 1. The smallest absolute Gasteiger partial charge is 0.417 e. The molecule has 0 spiro atoms. The molecular formula is C31H23F3N2O3. The van der Waals surface area contributed by atoms with E-state index in [4.69, 9.17) is 5.11 Å². The molecule has 0 unspecified atom stereocenters. The van der Waals surface area contributed by atoms with Crippen molar-refractivity contribution in [3.63, 3.8) is 0 Å². The number of pyridine rings is 1. The Morgan fingerprint density at radius 2 is 1.67 bits per heavy atom. The van der Waals surface area contributed by atoms with E-state index in [0.29, 0.717) is 11.1 Å². The minimum absolute atomic E-state index is 0.00714. The van der Waals surface area contributed by atoms with Gasteiger partial charge in [-0.05, 0) is 65.4 Å². The monoisotopic (exact) mass is 528 g/mol. The Kier molecular flexibility index (Phi) is 7.54. The van der Waals surface area contributed by atoms with Crippen molar-refractivity contribution >= 4 is 12.0 Å². The van der Waals surface area contributed by atoms with Gasteiger partial charge in [0.15, 0.2) is 0 Å². The maximum absolute atomic E-state index is 13.9. The summed E-state index contributed by atoms with van der Waals surface area (Å²) in [5.41, 5.74) is 2.00. The number of aromatic nitrogens is 1. The Bertz CT molecular complexity index is 1690. The van der Waals surface area contributed by atoms with Crippen LogP contribution in [0.5, 0.6) is 0 Å². The van der Waals surface area contributed by atoms with Gasteiger partial charge in [-0.15, -0.1) is 0 Å². The zero-order valence-corrected chi connectivity index (χ0v) is 21.1. The fraction of sp³-hybridized carbons (Fsp3) is 0.129. The zero-order valence-electron chi connectivity index (χ0n) is 21.1. The van der Waals surface area contributed by atoms with Gasteiger partial charge in [-0.25, -0.2) is 4.79 Å². The molecule has 4 rings (SSSR count). The average Bonchev–Trinajstić information content (AvgIpc) is 2.89. The minimum Gasteiger partial charge on any atom is -0.478 e. The van der Waals surface area contributed by atoms with E-state index in [0.717, 1.165) is 40.0 Å². The largest absolute Gasteiger partial charge is 0.478 e. The molecule has 0 aliphatic rings. The van der Waals surface area contributed by atoms with E-state index in [1.54, 1.807) is 42.5 Å². The van der Waals surface area contributed by atoms with Gasteiger partial charge in [0.1, 0.15) is 11.6 Å². The molecule has 0 radical (unpaired) electrons. The summed E-state index contributed by atoms with van der Waals surface area (Å²) in [6.45, 7) is 3.77. The van der Waals surface area contributed by atoms with Crippen molar-refractivity contribution in [2.75, 3.05) is 0 Å². The van der Waals surface area contributed by atoms with Crippen molar-refractivity contribution in [1.29, 1.82) is 5.26 Å². The second-order valence-electron chi connectivity index (χ2n) is 9.12. The molecule has 8 heteroatoms. The Balaban J connectivity index is 1.84. The molecule has 196 valence electrons. The van der Waals surface area contributed by atoms with Gasteiger partial charge in [0.05, 0.1) is 17.8 Å². The number of halogens is 3. The van der Waals surface area contributed by atoms with Gasteiger partial charge in [0.25, 0.3) is 5.56 Å². The topological polar surface area (TPSA) is 83.1 Å². The lowest BCUT2D eigenvalue weighted by Crippen LogP contribution is -2.29. The third-order valence-corrected chi connectivity index (χ3v) is 6.36. The minimum atomic E-state index is -4.89. The lowest BCUT2D eigenvalue weighted by Gasteiger charge is -2.19. The molecule has 0 bridgehead atoms. The summed E-state index contributed by atoms with van der Waals surface area (Å²) in [6, 6.07) is 21.7. The normalized spacial score (nSPS) is 11.5. The van der Waals surface area contributed by atoms with Gasteiger partial charge in [-0.3, -0.25) is 4.79 Å². The van der Waals surface area contributed by atoms with Crippen LogP contribution >= 0.6 is 0 Å². The molecule has 0 fully saturated rings. The number of aliphatic carboxylic acids is 1. The summed E-state index contributed by atoms with van der Waals surface area (Å²) < 4.78 is 42.8. The molecule has 39 heavy (non-hydrogen) atoms. The number of aryl methyl sites for hydroxylation is 2. The quantitative estimate of drug-likeness (QED) is 0.278. The second-order valence-corrected chi connectivity index (χ2v) is 9.12. The van der Waals surface area contributed by atoms with Crippen molar-refractivity contribution in [3.8, 4) is 28.5 Å². The summed E-state index contributed by atoms with van der Waals surface area (Å²) in [4.78, 5) is 24.1. The van der Waals surface area contributed by atoms with E-state index >= 15 is 0 Å². The number of hydrogen-bond donors (Lipinski definition) is 1. The van der Waals surface area contributed by atoms with Crippen LogP contribution in [0, 0.1) is 25.2 Å². The maximum Gasteiger partial charge on any atom is 0.417 e. The molecule has 0 atom stereocenters. The molecule has 0 saturated carbocycles. The van der Waals surface area contributed by atoms with Gasteiger partial charge < -0.3 is 9.67 Å². The van der Waals surface area contributed by atoms with Crippen molar-refractivity contribution in [2.45, 2.75) is 26.6 Å². The maximum atomic E-state index is 13.9. The first-order valence-corrected chi connectivity index (χ1v) is 11.9. The van der Waals surface area contributed by atoms with E-state index in [2.05, 4.69) is 0 Å². The van der Waals surface area contributed by atoms with Gasteiger partial charge in [0.2, 0.25) is 0 Å². The van der Waals surface area contributed by atoms with Crippen molar-refractivity contribution < 1.29 is 23.1 Å². The molecule has 5 nitrogen and oxygen atoms in total. The van der Waals surface area contributed by atoms with Crippen LogP contribution < -0.4 is 5.56 Å². The molecule has 0 amide bonds. The van der Waals surface area contributed by atoms with Gasteiger partial charge in [0, 0.05) is 6.08 Å². The predicted octanol–water partition coefficient (Wildman–Crippen LogP) is 6.84. The first-order valence-electron chi connectivity index (χ1n) is 11.9. The van der Waals surface area contributed by atoms with Crippen LogP contribution in [0.4, 0.5) is 13.2 Å². The van der Waals surface area contributed by atoms with E-state index in [1.165, 1.54) is 16.7 Å². The fourth-order valence-electron chi connectivity index (χ4n) is 4.39. The summed E-state index contributed by atoms with van der Waals surface area (Å²) in [5, 5.41) is 18.3. The van der Waals surface area contributed by atoms with Crippen molar-refractivity contribution in [2.24, 2.45) is 0 Å². The van der Waals surface area contributed by atoms with Crippen LogP contribution in [-0.2, 0) is 17.5 Å². The average molecular weight is 529 g/mol. The summed E-state index contributed by atoms with van der Waals surface area (Å²) in [5.74, 6) is -1.07. The van der Waals surface area contributed by atoms with Crippen LogP contribution in [0.15, 0.2) is 83.7 Å². The molecule has 0 aliphatic heterocycles. The molecule has 4 aromatic rings. The van der Waals surface area contributed by atoms with E-state index in [1.807, 2.05) is 38.1 Å². The number of hydrogen-bond acceptors (Lipinski definition) is 3. The van der Waals surface area contributed by atoms with Gasteiger partial charge in [-0.1, -0.05) is 66.2 Å². The molecule has 1 aromatic heterocycles. The Morgan fingerprint density at radius 1 is 0.974 bits per heavy atom. The van der Waals surface area contributed by atoms with Crippen LogP contribution in [-0.4, -0.2) is 15.6 Å². The number of alkyl halides is 3. The van der Waals surface area contributed by atoms with Crippen LogP contribution in [0.1, 0.15) is 33.4 Å². The molecule has 3 aromatic carbocycles. The Labute approximate surface area is 222 Å². The summed E-state index contributed by atoms with van der Waals surface area (Å²) in [7, 11) is 0. The number of nitrogens with zero attached hydrogens (tertiary/aromatic N) is 2. The third kappa shape index (κ3) is 5.99. The molecule has 0 aliphatic carbocycles. The Hall–Kier alpha value is -4.90. The number of benzene rings is 3. The lowest BCUT2D eigenvalue weighted by atomic mass is 9.98. The Morgan fingerprint density at radius 3 is 2.28 bits per heavy atom. The highest BCUT2D eigenvalue weighted by molar-refractivity contribution is 5.85. The zero-order chi connectivity index (χ0) is 28.3. The van der Waals surface area contributed by atoms with E-state index in [9.17, 15) is 28.0 Å². The number of carbonyl (C=O) groups is 1. The van der Waals surface area contributed by atoms with Crippen LogP contribution in [0.25, 0.3) is 28.5 Å². The number of carboxylic acid groups (broad SMARTS) is 1. The first kappa shape index (κ1) is 27.1. The van der Waals surface area contributed by atoms with Gasteiger partial charge >= 0.3 is 12.1 Å². The lowest BCUT2D eigenvalue weighted by molar-refractivity contribution is -0.138. The van der Waals surface area contributed by atoms with Gasteiger partial charge in [-0.2, -0.15) is 18.4 Å². The standard InChI is InChI=1S/C31H23F3N2O3/c1-19-6-8-25(20(2)14-19)18-36-28(16-27(31(32,33)34)26(17-35)30(36)39)23-11-9-22(10-12-23)24-5-3-4-21(15-24)7-13-29(37)38/h3-16H,18H2,1-2H3,(H,37,38)/b13-7+. The number of carboxylic acids is 1. The van der Waals surface area contributed by atoms with Crippen LogP contribution in [0.3, 0.4) is 0 Å². The first-order chi connectivity index (χ1) is 18.5.